The molecule has 0 unspecified atom stereocenters. The van der Waals surface area contributed by atoms with Crippen molar-refractivity contribution in [2.75, 3.05) is 11.4 Å². The maximum atomic E-state index is 13.6. The van der Waals surface area contributed by atoms with Gasteiger partial charge in [0.15, 0.2) is 0 Å². The molecule has 0 radical (unpaired) electrons. The molecule has 2 aromatic rings. The van der Waals surface area contributed by atoms with Crippen LogP contribution in [0.25, 0.3) is 0 Å². The third kappa shape index (κ3) is 2.52. The lowest BCUT2D eigenvalue weighted by Gasteiger charge is -2.49. The molecule has 0 spiro atoms. The minimum atomic E-state index is -1.32. The first kappa shape index (κ1) is 18.2. The Hall–Kier alpha value is -3.15. The van der Waals surface area contributed by atoms with Crippen LogP contribution in [-0.4, -0.2) is 34.8 Å². The summed E-state index contributed by atoms with van der Waals surface area (Å²) in [7, 11) is 0. The van der Waals surface area contributed by atoms with Crippen molar-refractivity contribution in [2.24, 2.45) is 0 Å². The van der Waals surface area contributed by atoms with Crippen molar-refractivity contribution >= 4 is 23.4 Å². The highest BCUT2D eigenvalue weighted by molar-refractivity contribution is 6.16. The number of benzene rings is 2. The average Bonchev–Trinajstić information content (AvgIpc) is 3.07. The average molecular weight is 377 g/mol. The smallest absolute Gasteiger partial charge is 0.267 e. The van der Waals surface area contributed by atoms with Crippen molar-refractivity contribution in [3.63, 3.8) is 0 Å². The first-order valence-electron chi connectivity index (χ1n) is 9.60. The summed E-state index contributed by atoms with van der Waals surface area (Å²) < 4.78 is 0. The number of anilines is 1. The first-order valence-corrected chi connectivity index (χ1v) is 9.60. The molecule has 6 nitrogen and oxygen atoms in total. The summed E-state index contributed by atoms with van der Waals surface area (Å²) in [5, 5.41) is 3.04. The summed E-state index contributed by atoms with van der Waals surface area (Å²) >= 11 is 0. The second kappa shape index (κ2) is 6.78. The van der Waals surface area contributed by atoms with Gasteiger partial charge in [0.2, 0.25) is 11.6 Å². The Morgan fingerprint density at radius 3 is 2.50 bits per heavy atom. The number of hydrogen-bond donors (Lipinski definition) is 1. The molecule has 0 aliphatic carbocycles. The number of carbonyl (C=O) groups excluding carboxylic acids is 3. The molecule has 1 saturated heterocycles. The first-order chi connectivity index (χ1) is 13.5. The van der Waals surface area contributed by atoms with Crippen LogP contribution in [0.15, 0.2) is 54.6 Å². The molecule has 4 rings (SSSR count). The molecule has 2 aliphatic rings. The Morgan fingerprint density at radius 1 is 1.11 bits per heavy atom. The largest absolute Gasteiger partial charge is 0.346 e. The lowest BCUT2D eigenvalue weighted by Crippen LogP contribution is -2.70. The van der Waals surface area contributed by atoms with E-state index >= 15 is 0 Å². The molecule has 1 N–H and O–H groups in total. The predicted octanol–water partition coefficient (Wildman–Crippen LogP) is 2.86. The SMILES string of the molecule is CCN1C(=O)c2ccccc2N2C(=O)CC[C@]12C(=O)N[C@H](C)c1ccccc1. The number of rotatable bonds is 4. The highest BCUT2D eigenvalue weighted by Gasteiger charge is 2.60. The molecule has 2 aromatic carbocycles. The van der Waals surface area contributed by atoms with E-state index < -0.39 is 5.66 Å². The molecule has 6 heteroatoms. The predicted molar refractivity (Wildman–Crippen MR) is 106 cm³/mol. The summed E-state index contributed by atoms with van der Waals surface area (Å²) in [6.07, 6.45) is 0.512. The Kier molecular flexibility index (Phi) is 4.41. The third-order valence-corrected chi connectivity index (χ3v) is 5.70. The lowest BCUT2D eigenvalue weighted by molar-refractivity contribution is -0.134. The van der Waals surface area contributed by atoms with E-state index in [0.29, 0.717) is 17.8 Å². The second-order valence-corrected chi connectivity index (χ2v) is 7.22. The van der Waals surface area contributed by atoms with Gasteiger partial charge in [-0.05, 0) is 31.5 Å². The van der Waals surface area contributed by atoms with Crippen LogP contribution in [0, 0.1) is 0 Å². The van der Waals surface area contributed by atoms with Crippen molar-refractivity contribution in [3.05, 3.63) is 65.7 Å². The number of hydrogen-bond acceptors (Lipinski definition) is 3. The van der Waals surface area contributed by atoms with Crippen LogP contribution in [0.1, 0.15) is 48.7 Å². The minimum Gasteiger partial charge on any atom is -0.346 e. The zero-order chi connectivity index (χ0) is 19.9. The standard InChI is InChI=1S/C22H23N3O3/c1-3-24-20(27)17-11-7-8-12-18(17)25-19(26)13-14-22(24,25)21(28)23-15(2)16-9-5-4-6-10-16/h4-12,15H,3,13-14H2,1-2H3,(H,23,28)/t15-,22+/m1/s1. The van der Waals surface area contributed by atoms with Crippen molar-refractivity contribution in [3.8, 4) is 0 Å². The van der Waals surface area contributed by atoms with Gasteiger partial charge in [-0.2, -0.15) is 0 Å². The molecule has 0 bridgehead atoms. The fourth-order valence-corrected chi connectivity index (χ4v) is 4.34. The fraction of sp³-hybridized carbons (Fsp3) is 0.318. The Bertz CT molecular complexity index is 943. The van der Waals surface area contributed by atoms with E-state index in [9.17, 15) is 14.4 Å². The van der Waals surface area contributed by atoms with Gasteiger partial charge in [-0.3, -0.25) is 19.3 Å². The summed E-state index contributed by atoms with van der Waals surface area (Å²) in [6, 6.07) is 16.4. The van der Waals surface area contributed by atoms with Crippen LogP contribution >= 0.6 is 0 Å². The van der Waals surface area contributed by atoms with Gasteiger partial charge in [-0.25, -0.2) is 0 Å². The Morgan fingerprint density at radius 2 is 1.79 bits per heavy atom. The number of carbonyl (C=O) groups is 3. The maximum absolute atomic E-state index is 13.6. The van der Waals surface area contributed by atoms with Crippen molar-refractivity contribution in [2.45, 2.75) is 38.4 Å². The van der Waals surface area contributed by atoms with E-state index in [2.05, 4.69) is 5.32 Å². The number of para-hydroxylation sites is 1. The van der Waals surface area contributed by atoms with E-state index in [1.807, 2.05) is 44.2 Å². The number of likely N-dealkylation sites (N-methyl/N-ethyl adjacent to an activating group) is 1. The molecule has 2 atom stereocenters. The maximum Gasteiger partial charge on any atom is 0.267 e. The number of amides is 3. The van der Waals surface area contributed by atoms with Gasteiger partial charge in [-0.15, -0.1) is 0 Å². The highest BCUT2D eigenvalue weighted by atomic mass is 16.2. The van der Waals surface area contributed by atoms with E-state index in [4.69, 9.17) is 0 Å². The van der Waals surface area contributed by atoms with Gasteiger partial charge < -0.3 is 10.2 Å². The van der Waals surface area contributed by atoms with E-state index in [0.717, 1.165) is 5.56 Å². The summed E-state index contributed by atoms with van der Waals surface area (Å²) in [5.41, 5.74) is 0.621. The zero-order valence-electron chi connectivity index (χ0n) is 16.0. The van der Waals surface area contributed by atoms with Crippen LogP contribution < -0.4 is 10.2 Å². The summed E-state index contributed by atoms with van der Waals surface area (Å²) in [6.45, 7) is 4.08. The molecule has 0 aromatic heterocycles. The van der Waals surface area contributed by atoms with Gasteiger partial charge in [0, 0.05) is 19.4 Å². The minimum absolute atomic E-state index is 0.138. The van der Waals surface area contributed by atoms with Gasteiger partial charge in [-0.1, -0.05) is 42.5 Å². The fourth-order valence-electron chi connectivity index (χ4n) is 4.34. The van der Waals surface area contributed by atoms with Gasteiger partial charge in [0.05, 0.1) is 17.3 Å². The summed E-state index contributed by atoms with van der Waals surface area (Å²) in [4.78, 5) is 42.6. The Labute approximate surface area is 164 Å². The van der Waals surface area contributed by atoms with Crippen LogP contribution in [0.5, 0.6) is 0 Å². The summed E-state index contributed by atoms with van der Waals surface area (Å²) in [5.74, 6) is -0.674. The number of nitrogens with zero attached hydrogens (tertiary/aromatic N) is 2. The number of fused-ring (bicyclic) bond motifs is 3. The Balaban J connectivity index is 1.77. The molecule has 0 saturated carbocycles. The van der Waals surface area contributed by atoms with Crippen LogP contribution in [0.4, 0.5) is 5.69 Å². The molecule has 2 aliphatic heterocycles. The zero-order valence-corrected chi connectivity index (χ0v) is 16.0. The monoisotopic (exact) mass is 377 g/mol. The van der Waals surface area contributed by atoms with Crippen LogP contribution in [0.2, 0.25) is 0 Å². The van der Waals surface area contributed by atoms with Gasteiger partial charge >= 0.3 is 0 Å². The molecular weight excluding hydrogens is 354 g/mol. The van der Waals surface area contributed by atoms with Crippen LogP contribution in [0.3, 0.4) is 0 Å². The normalized spacial score (nSPS) is 21.9. The van der Waals surface area contributed by atoms with E-state index in [1.54, 1.807) is 24.3 Å². The van der Waals surface area contributed by atoms with Crippen LogP contribution in [-0.2, 0) is 9.59 Å². The molecule has 144 valence electrons. The molecule has 2 heterocycles. The lowest BCUT2D eigenvalue weighted by atomic mass is 9.95. The molecule has 1 fully saturated rings. The van der Waals surface area contributed by atoms with E-state index in [-0.39, 0.29) is 36.6 Å². The third-order valence-electron chi connectivity index (χ3n) is 5.70. The van der Waals surface area contributed by atoms with Crippen molar-refractivity contribution in [1.29, 1.82) is 0 Å². The van der Waals surface area contributed by atoms with Crippen molar-refractivity contribution < 1.29 is 14.4 Å². The molecular formula is C22H23N3O3. The topological polar surface area (TPSA) is 69.7 Å². The van der Waals surface area contributed by atoms with Gasteiger partial charge in [0.1, 0.15) is 0 Å². The molecule has 3 amide bonds. The van der Waals surface area contributed by atoms with Gasteiger partial charge in [0.25, 0.3) is 11.8 Å². The second-order valence-electron chi connectivity index (χ2n) is 7.22. The quantitative estimate of drug-likeness (QED) is 0.891. The van der Waals surface area contributed by atoms with E-state index in [1.165, 1.54) is 9.80 Å². The highest BCUT2D eigenvalue weighted by Crippen LogP contribution is 2.44. The number of nitrogens with one attached hydrogen (secondary N) is 1. The molecule has 28 heavy (non-hydrogen) atoms. The van der Waals surface area contributed by atoms with Crippen molar-refractivity contribution in [1.82, 2.24) is 10.2 Å².